The minimum Gasteiger partial charge on any atom is -0.325 e. The molecule has 2 nitrogen and oxygen atoms in total. The van der Waals surface area contributed by atoms with E-state index in [1.807, 2.05) is 0 Å². The van der Waals surface area contributed by atoms with Crippen molar-refractivity contribution in [2.45, 2.75) is 38.4 Å². The molecular weight excluding hydrogens is 184 g/mol. The summed E-state index contributed by atoms with van der Waals surface area (Å²) in [7, 11) is 0. The summed E-state index contributed by atoms with van der Waals surface area (Å²) < 4.78 is 0. The van der Waals surface area contributed by atoms with Crippen LogP contribution in [0.4, 0.5) is 0 Å². The molecule has 0 aliphatic carbocycles. The highest BCUT2D eigenvalue weighted by Crippen LogP contribution is 2.37. The number of nitrogens with two attached hydrogens (primary N) is 1. The maximum absolute atomic E-state index is 6.10. The molecule has 0 aromatic heterocycles. The normalized spacial score (nSPS) is 27.5. The lowest BCUT2D eigenvalue weighted by Gasteiger charge is -2.53. The Labute approximate surface area is 92.1 Å². The van der Waals surface area contributed by atoms with Crippen molar-refractivity contribution in [1.82, 2.24) is 4.90 Å². The van der Waals surface area contributed by atoms with Crippen LogP contribution in [-0.4, -0.2) is 23.0 Å². The number of nitrogens with zero attached hydrogens (tertiary/aromatic N) is 1. The van der Waals surface area contributed by atoms with Crippen molar-refractivity contribution in [1.29, 1.82) is 0 Å². The van der Waals surface area contributed by atoms with Crippen LogP contribution in [0.5, 0.6) is 0 Å². The van der Waals surface area contributed by atoms with Gasteiger partial charge in [-0.3, -0.25) is 4.90 Å². The van der Waals surface area contributed by atoms with Gasteiger partial charge in [-0.25, -0.2) is 0 Å². The molecule has 0 amide bonds. The third-order valence-electron chi connectivity index (χ3n) is 3.15. The smallest absolute Gasteiger partial charge is 0.0517 e. The van der Waals surface area contributed by atoms with Crippen LogP contribution in [0.3, 0.4) is 0 Å². The quantitative estimate of drug-likeness (QED) is 0.759. The Balaban J connectivity index is 2.21. The molecule has 1 saturated heterocycles. The van der Waals surface area contributed by atoms with Crippen LogP contribution in [0.1, 0.15) is 32.4 Å². The molecule has 82 valence electrons. The molecule has 2 atom stereocenters. The van der Waals surface area contributed by atoms with Gasteiger partial charge in [0.15, 0.2) is 0 Å². The van der Waals surface area contributed by atoms with Crippen LogP contribution in [-0.2, 0) is 0 Å². The Hall–Kier alpha value is -0.860. The van der Waals surface area contributed by atoms with Gasteiger partial charge in [0.2, 0.25) is 0 Å². The molecule has 1 aromatic carbocycles. The highest BCUT2D eigenvalue weighted by molar-refractivity contribution is 5.24. The fourth-order valence-corrected chi connectivity index (χ4v) is 2.30. The van der Waals surface area contributed by atoms with Crippen molar-refractivity contribution in [3.05, 3.63) is 35.9 Å². The van der Waals surface area contributed by atoms with Crippen molar-refractivity contribution >= 4 is 0 Å². The summed E-state index contributed by atoms with van der Waals surface area (Å²) in [5.74, 6) is 0. The van der Waals surface area contributed by atoms with E-state index in [2.05, 4.69) is 56.0 Å². The average Bonchev–Trinajstić information content (AvgIpc) is 2.14. The van der Waals surface area contributed by atoms with Gasteiger partial charge in [0.05, 0.1) is 6.04 Å². The van der Waals surface area contributed by atoms with Crippen molar-refractivity contribution in [2.24, 2.45) is 5.73 Å². The number of likely N-dealkylation sites (tertiary alicyclic amines) is 1. The second kappa shape index (κ2) is 3.62. The summed E-state index contributed by atoms with van der Waals surface area (Å²) in [4.78, 5) is 2.47. The zero-order chi connectivity index (χ0) is 11.1. The highest BCUT2D eigenvalue weighted by Gasteiger charge is 2.42. The van der Waals surface area contributed by atoms with Gasteiger partial charge in [0.1, 0.15) is 0 Å². The Morgan fingerprint density at radius 1 is 1.20 bits per heavy atom. The molecular formula is C13H20N2. The maximum atomic E-state index is 6.10. The first-order valence-electron chi connectivity index (χ1n) is 5.57. The van der Waals surface area contributed by atoms with Crippen molar-refractivity contribution in [3.8, 4) is 0 Å². The van der Waals surface area contributed by atoms with E-state index in [9.17, 15) is 0 Å². The van der Waals surface area contributed by atoms with E-state index < -0.39 is 0 Å². The minimum absolute atomic E-state index is 0.205. The molecule has 0 bridgehead atoms. The summed E-state index contributed by atoms with van der Waals surface area (Å²) in [6.45, 7) is 7.74. The Kier molecular flexibility index (Phi) is 2.57. The lowest BCUT2D eigenvalue weighted by molar-refractivity contribution is -0.0195. The molecule has 0 saturated carbocycles. The van der Waals surface area contributed by atoms with Gasteiger partial charge in [0, 0.05) is 18.1 Å². The summed E-state index contributed by atoms with van der Waals surface area (Å²) in [6, 6.07) is 11.2. The largest absolute Gasteiger partial charge is 0.325 e. The van der Waals surface area contributed by atoms with E-state index in [4.69, 9.17) is 5.73 Å². The molecule has 2 unspecified atom stereocenters. The fourth-order valence-electron chi connectivity index (χ4n) is 2.30. The van der Waals surface area contributed by atoms with Crippen LogP contribution in [0.25, 0.3) is 0 Å². The lowest BCUT2D eigenvalue weighted by Crippen LogP contribution is -2.64. The molecule has 1 aliphatic rings. The predicted molar refractivity (Wildman–Crippen MR) is 63.6 cm³/mol. The van der Waals surface area contributed by atoms with E-state index >= 15 is 0 Å². The fraction of sp³-hybridized carbons (Fsp3) is 0.538. The Morgan fingerprint density at radius 2 is 1.80 bits per heavy atom. The molecule has 1 aromatic rings. The summed E-state index contributed by atoms with van der Waals surface area (Å²) in [5.41, 5.74) is 7.64. The van der Waals surface area contributed by atoms with Gasteiger partial charge in [-0.15, -0.1) is 0 Å². The number of rotatable bonds is 1. The highest BCUT2D eigenvalue weighted by atomic mass is 15.3. The van der Waals surface area contributed by atoms with Crippen LogP contribution in [0.15, 0.2) is 30.3 Å². The maximum Gasteiger partial charge on any atom is 0.0517 e. The van der Waals surface area contributed by atoms with Crippen molar-refractivity contribution < 1.29 is 0 Å². The number of benzene rings is 1. The molecule has 2 heteroatoms. The van der Waals surface area contributed by atoms with E-state index in [1.165, 1.54) is 5.56 Å². The number of hydrogen-bond donors (Lipinski definition) is 1. The van der Waals surface area contributed by atoms with Gasteiger partial charge in [0.25, 0.3) is 0 Å². The second-order valence-electron chi connectivity index (χ2n) is 5.34. The first-order valence-corrected chi connectivity index (χ1v) is 5.57. The van der Waals surface area contributed by atoms with Crippen molar-refractivity contribution in [2.75, 3.05) is 6.54 Å². The SMILES string of the molecule is CC(C)(C)N1CC(N)C1c1ccccc1. The van der Waals surface area contributed by atoms with Gasteiger partial charge >= 0.3 is 0 Å². The van der Waals surface area contributed by atoms with Crippen LogP contribution < -0.4 is 5.73 Å². The van der Waals surface area contributed by atoms with Gasteiger partial charge in [-0.1, -0.05) is 30.3 Å². The van der Waals surface area contributed by atoms with E-state index in [0.717, 1.165) is 6.54 Å². The van der Waals surface area contributed by atoms with Gasteiger partial charge in [-0.05, 0) is 26.3 Å². The molecule has 15 heavy (non-hydrogen) atoms. The minimum atomic E-state index is 0.205. The molecule has 1 fully saturated rings. The van der Waals surface area contributed by atoms with Crippen LogP contribution in [0.2, 0.25) is 0 Å². The first-order chi connectivity index (χ1) is 7.00. The molecule has 1 heterocycles. The molecule has 2 N–H and O–H groups in total. The standard InChI is InChI=1S/C13H20N2/c1-13(2,3)15-9-11(14)12(15)10-7-5-4-6-8-10/h4-8,11-12H,9,14H2,1-3H3. The Morgan fingerprint density at radius 3 is 2.27 bits per heavy atom. The summed E-state index contributed by atoms with van der Waals surface area (Å²) >= 11 is 0. The molecule has 2 rings (SSSR count). The van der Waals surface area contributed by atoms with Crippen LogP contribution in [0, 0.1) is 0 Å². The molecule has 0 spiro atoms. The van der Waals surface area contributed by atoms with Gasteiger partial charge < -0.3 is 5.73 Å². The monoisotopic (exact) mass is 204 g/mol. The molecule has 1 aliphatic heterocycles. The molecule has 0 radical (unpaired) electrons. The zero-order valence-electron chi connectivity index (χ0n) is 9.77. The lowest BCUT2D eigenvalue weighted by atomic mass is 9.85. The van der Waals surface area contributed by atoms with Crippen LogP contribution >= 0.6 is 0 Å². The van der Waals surface area contributed by atoms with Gasteiger partial charge in [-0.2, -0.15) is 0 Å². The van der Waals surface area contributed by atoms with E-state index in [0.29, 0.717) is 6.04 Å². The summed E-state index contributed by atoms with van der Waals surface area (Å²) in [5, 5.41) is 0. The zero-order valence-corrected chi connectivity index (χ0v) is 9.77. The second-order valence-corrected chi connectivity index (χ2v) is 5.34. The third kappa shape index (κ3) is 1.92. The first kappa shape index (κ1) is 10.7. The Bertz CT molecular complexity index is 326. The van der Waals surface area contributed by atoms with Crippen molar-refractivity contribution in [3.63, 3.8) is 0 Å². The summed E-state index contributed by atoms with van der Waals surface area (Å²) in [6.07, 6.45) is 0. The predicted octanol–water partition coefficient (Wildman–Crippen LogP) is 2.17. The van der Waals surface area contributed by atoms with E-state index in [1.54, 1.807) is 0 Å². The average molecular weight is 204 g/mol. The third-order valence-corrected chi connectivity index (χ3v) is 3.15. The van der Waals surface area contributed by atoms with E-state index in [-0.39, 0.29) is 11.6 Å². The number of hydrogen-bond acceptors (Lipinski definition) is 2. The topological polar surface area (TPSA) is 29.3 Å².